The van der Waals surface area contributed by atoms with Crippen LogP contribution in [0.15, 0.2) is 53.4 Å². The number of sulfonamides is 1. The van der Waals surface area contributed by atoms with E-state index in [4.69, 9.17) is 16.3 Å². The molecule has 32 heavy (non-hydrogen) atoms. The molecule has 2 amide bonds. The third kappa shape index (κ3) is 5.59. The summed E-state index contributed by atoms with van der Waals surface area (Å²) in [5, 5.41) is 0.421. The van der Waals surface area contributed by atoms with Gasteiger partial charge in [0, 0.05) is 31.2 Å². The van der Waals surface area contributed by atoms with Crippen molar-refractivity contribution in [3.63, 3.8) is 0 Å². The summed E-state index contributed by atoms with van der Waals surface area (Å²) < 4.78 is 32.9. The Kier molecular flexibility index (Phi) is 7.76. The first-order valence-corrected chi connectivity index (χ1v) is 12.1. The van der Waals surface area contributed by atoms with Crippen LogP contribution in [0, 0.1) is 0 Å². The smallest absolute Gasteiger partial charge is 0.257 e. The molecule has 0 spiro atoms. The summed E-state index contributed by atoms with van der Waals surface area (Å²) in [5.74, 6) is 0.00211. The Bertz CT molecular complexity index is 1080. The van der Waals surface area contributed by atoms with Gasteiger partial charge in [-0.2, -0.15) is 4.72 Å². The van der Waals surface area contributed by atoms with E-state index in [1.54, 1.807) is 34.1 Å². The highest BCUT2D eigenvalue weighted by molar-refractivity contribution is 7.89. The van der Waals surface area contributed by atoms with Crippen molar-refractivity contribution in [1.29, 1.82) is 0 Å². The van der Waals surface area contributed by atoms with Gasteiger partial charge in [0.2, 0.25) is 15.9 Å². The van der Waals surface area contributed by atoms with Gasteiger partial charge in [-0.1, -0.05) is 23.7 Å². The standard InChI is InChI=1S/C22H26ClN3O5S/c1-16(24-32(29,30)18-10-8-17(23)9-11-18)21(27)25-12-5-13-26(15-14-25)22(28)19-6-3-4-7-20(19)31-2/h3-4,6-11,16,24H,5,12-15H2,1-2H3/t16-/m0/s1. The maximum atomic E-state index is 13.0. The van der Waals surface area contributed by atoms with Crippen LogP contribution in [0.1, 0.15) is 23.7 Å². The molecule has 1 heterocycles. The number of amides is 2. The van der Waals surface area contributed by atoms with Crippen LogP contribution in [0.5, 0.6) is 5.75 Å². The highest BCUT2D eigenvalue weighted by Crippen LogP contribution is 2.20. The van der Waals surface area contributed by atoms with Crippen LogP contribution in [0.2, 0.25) is 5.02 Å². The van der Waals surface area contributed by atoms with Crippen LogP contribution in [0.3, 0.4) is 0 Å². The Morgan fingerprint density at radius 3 is 2.31 bits per heavy atom. The third-order valence-electron chi connectivity index (χ3n) is 5.26. The number of benzene rings is 2. The Balaban J connectivity index is 1.63. The first kappa shape index (κ1) is 24.0. The number of nitrogens with one attached hydrogen (secondary N) is 1. The molecule has 8 nitrogen and oxygen atoms in total. The third-order valence-corrected chi connectivity index (χ3v) is 7.07. The van der Waals surface area contributed by atoms with Crippen molar-refractivity contribution in [1.82, 2.24) is 14.5 Å². The minimum Gasteiger partial charge on any atom is -0.496 e. The van der Waals surface area contributed by atoms with Crippen molar-refractivity contribution in [3.05, 3.63) is 59.1 Å². The molecule has 10 heteroatoms. The van der Waals surface area contributed by atoms with Gasteiger partial charge in [0.05, 0.1) is 23.6 Å². The van der Waals surface area contributed by atoms with E-state index in [9.17, 15) is 18.0 Å². The number of rotatable bonds is 6. The number of ether oxygens (including phenoxy) is 1. The second kappa shape index (κ2) is 10.3. The predicted molar refractivity (Wildman–Crippen MR) is 121 cm³/mol. The number of hydrogen-bond donors (Lipinski definition) is 1. The summed E-state index contributed by atoms with van der Waals surface area (Å²) in [4.78, 5) is 29.2. The highest BCUT2D eigenvalue weighted by atomic mass is 35.5. The fourth-order valence-corrected chi connectivity index (χ4v) is 4.89. The minimum absolute atomic E-state index is 0.0333. The Labute approximate surface area is 193 Å². The van der Waals surface area contributed by atoms with Crippen LogP contribution in [0.4, 0.5) is 0 Å². The number of halogens is 1. The molecule has 172 valence electrons. The number of carbonyl (C=O) groups is 2. The molecule has 1 aliphatic heterocycles. The van der Waals surface area contributed by atoms with Crippen molar-refractivity contribution >= 4 is 33.4 Å². The zero-order chi connectivity index (χ0) is 23.3. The molecule has 3 rings (SSSR count). The van der Waals surface area contributed by atoms with Gasteiger partial charge in [-0.15, -0.1) is 0 Å². The molecular formula is C22H26ClN3O5S. The topological polar surface area (TPSA) is 96.0 Å². The zero-order valence-electron chi connectivity index (χ0n) is 18.0. The Morgan fingerprint density at radius 2 is 1.62 bits per heavy atom. The van der Waals surface area contributed by atoms with Crippen molar-refractivity contribution in [2.24, 2.45) is 0 Å². The van der Waals surface area contributed by atoms with E-state index in [1.807, 2.05) is 0 Å². The van der Waals surface area contributed by atoms with Gasteiger partial charge in [-0.05, 0) is 49.7 Å². The van der Waals surface area contributed by atoms with Crippen molar-refractivity contribution in [2.75, 3.05) is 33.3 Å². The molecule has 1 fully saturated rings. The molecule has 0 radical (unpaired) electrons. The van der Waals surface area contributed by atoms with Gasteiger partial charge in [-0.25, -0.2) is 8.42 Å². The molecule has 0 bridgehead atoms. The number of para-hydroxylation sites is 1. The molecular weight excluding hydrogens is 454 g/mol. The second-order valence-electron chi connectivity index (χ2n) is 7.47. The number of carbonyl (C=O) groups excluding carboxylic acids is 2. The molecule has 1 saturated heterocycles. The summed E-state index contributed by atoms with van der Waals surface area (Å²) in [6.07, 6.45) is 0.587. The van der Waals surface area contributed by atoms with Gasteiger partial charge in [0.1, 0.15) is 5.75 Å². The fraction of sp³-hybridized carbons (Fsp3) is 0.364. The second-order valence-corrected chi connectivity index (χ2v) is 9.62. The number of hydrogen-bond acceptors (Lipinski definition) is 5. The van der Waals surface area contributed by atoms with Gasteiger partial charge in [-0.3, -0.25) is 9.59 Å². The average Bonchev–Trinajstić information content (AvgIpc) is 3.04. The highest BCUT2D eigenvalue weighted by Gasteiger charge is 2.29. The van der Waals surface area contributed by atoms with Crippen LogP contribution in [-0.4, -0.2) is 69.4 Å². The van der Waals surface area contributed by atoms with Crippen molar-refractivity contribution in [2.45, 2.75) is 24.3 Å². The molecule has 1 aliphatic rings. The van der Waals surface area contributed by atoms with E-state index in [1.165, 1.54) is 38.3 Å². The molecule has 0 aliphatic carbocycles. The van der Waals surface area contributed by atoms with Gasteiger partial charge >= 0.3 is 0 Å². The Morgan fingerprint density at radius 1 is 1.00 bits per heavy atom. The lowest BCUT2D eigenvalue weighted by atomic mass is 10.1. The predicted octanol–water partition coefficient (Wildman–Crippen LogP) is 2.39. The lowest BCUT2D eigenvalue weighted by molar-refractivity contribution is -0.132. The molecule has 2 aromatic rings. The summed E-state index contributed by atoms with van der Waals surface area (Å²) in [6.45, 7) is 3.09. The Hall–Kier alpha value is -2.62. The van der Waals surface area contributed by atoms with E-state index >= 15 is 0 Å². The number of methoxy groups -OCH3 is 1. The molecule has 0 aromatic heterocycles. The molecule has 0 unspecified atom stereocenters. The van der Waals surface area contributed by atoms with Crippen LogP contribution < -0.4 is 9.46 Å². The maximum absolute atomic E-state index is 13.0. The lowest BCUT2D eigenvalue weighted by Gasteiger charge is -2.25. The van der Waals surface area contributed by atoms with Gasteiger partial charge in [0.15, 0.2) is 0 Å². The molecule has 1 atom stereocenters. The van der Waals surface area contributed by atoms with Gasteiger partial charge in [0.25, 0.3) is 5.91 Å². The first-order valence-electron chi connectivity index (χ1n) is 10.2. The summed E-state index contributed by atoms with van der Waals surface area (Å²) in [7, 11) is -2.36. The monoisotopic (exact) mass is 479 g/mol. The average molecular weight is 480 g/mol. The fourth-order valence-electron chi connectivity index (χ4n) is 3.57. The zero-order valence-corrected chi connectivity index (χ0v) is 19.5. The SMILES string of the molecule is COc1ccccc1C(=O)N1CCCN(C(=O)[C@H](C)NS(=O)(=O)c2ccc(Cl)cc2)CC1. The minimum atomic E-state index is -3.87. The maximum Gasteiger partial charge on any atom is 0.257 e. The quantitative estimate of drug-likeness (QED) is 0.686. The largest absolute Gasteiger partial charge is 0.496 e. The lowest BCUT2D eigenvalue weighted by Crippen LogP contribution is -2.48. The number of nitrogens with zero attached hydrogens (tertiary/aromatic N) is 2. The summed E-state index contributed by atoms with van der Waals surface area (Å²) in [6, 6.07) is 11.8. The van der Waals surface area contributed by atoms with Crippen molar-refractivity contribution in [3.8, 4) is 5.75 Å². The van der Waals surface area contributed by atoms with E-state index in [2.05, 4.69) is 4.72 Å². The van der Waals surface area contributed by atoms with E-state index < -0.39 is 16.1 Å². The normalized spacial score (nSPS) is 15.7. The molecule has 0 saturated carbocycles. The first-order chi connectivity index (χ1) is 15.2. The summed E-state index contributed by atoms with van der Waals surface area (Å²) in [5.41, 5.74) is 0.471. The van der Waals surface area contributed by atoms with Crippen molar-refractivity contribution < 1.29 is 22.7 Å². The van der Waals surface area contributed by atoms with E-state index in [0.29, 0.717) is 48.9 Å². The van der Waals surface area contributed by atoms with Crippen LogP contribution >= 0.6 is 11.6 Å². The van der Waals surface area contributed by atoms with Gasteiger partial charge < -0.3 is 14.5 Å². The van der Waals surface area contributed by atoms with E-state index in [-0.39, 0.29) is 16.7 Å². The van der Waals surface area contributed by atoms with E-state index in [0.717, 1.165) is 0 Å². The summed E-state index contributed by atoms with van der Waals surface area (Å²) >= 11 is 5.81. The molecule has 1 N–H and O–H groups in total. The van der Waals surface area contributed by atoms with Crippen LogP contribution in [-0.2, 0) is 14.8 Å². The molecule has 2 aromatic carbocycles. The van der Waals surface area contributed by atoms with Crippen LogP contribution in [0.25, 0.3) is 0 Å².